The SMILES string of the molecule is CCC1CCCCN1c1cc(NCc2ccccn2)nc(C)n1. The van der Waals surface area contributed by atoms with Gasteiger partial charge in [-0.3, -0.25) is 4.98 Å². The van der Waals surface area contributed by atoms with E-state index in [2.05, 4.69) is 38.2 Å². The Hall–Kier alpha value is -2.17. The highest BCUT2D eigenvalue weighted by Crippen LogP contribution is 2.26. The first-order valence-electron chi connectivity index (χ1n) is 8.52. The number of aromatic nitrogens is 3. The van der Waals surface area contributed by atoms with Gasteiger partial charge in [0.1, 0.15) is 17.5 Å². The van der Waals surface area contributed by atoms with Crippen LogP contribution in [0.1, 0.15) is 44.1 Å². The second kappa shape index (κ2) is 7.40. The highest BCUT2D eigenvalue weighted by Gasteiger charge is 2.22. The highest BCUT2D eigenvalue weighted by atomic mass is 15.2. The van der Waals surface area contributed by atoms with E-state index in [0.29, 0.717) is 12.6 Å². The van der Waals surface area contributed by atoms with Crippen LogP contribution in [0.3, 0.4) is 0 Å². The van der Waals surface area contributed by atoms with Crippen molar-refractivity contribution in [3.8, 4) is 0 Å². The van der Waals surface area contributed by atoms with Crippen LogP contribution < -0.4 is 10.2 Å². The topological polar surface area (TPSA) is 53.9 Å². The highest BCUT2D eigenvalue weighted by molar-refractivity contribution is 5.50. The van der Waals surface area contributed by atoms with Crippen molar-refractivity contribution in [3.05, 3.63) is 42.0 Å². The average Bonchev–Trinajstić information content (AvgIpc) is 2.60. The summed E-state index contributed by atoms with van der Waals surface area (Å²) >= 11 is 0. The average molecular weight is 311 g/mol. The maximum absolute atomic E-state index is 4.67. The van der Waals surface area contributed by atoms with Gasteiger partial charge in [-0.1, -0.05) is 13.0 Å². The van der Waals surface area contributed by atoms with Gasteiger partial charge in [0.05, 0.1) is 12.2 Å². The molecule has 0 bridgehead atoms. The predicted octanol–water partition coefficient (Wildman–Crippen LogP) is 3.56. The molecular weight excluding hydrogens is 286 g/mol. The minimum Gasteiger partial charge on any atom is -0.364 e. The summed E-state index contributed by atoms with van der Waals surface area (Å²) in [5, 5.41) is 3.37. The van der Waals surface area contributed by atoms with Crippen LogP contribution in [-0.4, -0.2) is 27.5 Å². The van der Waals surface area contributed by atoms with Gasteiger partial charge in [0, 0.05) is 24.8 Å². The molecular formula is C18H25N5. The normalized spacial score (nSPS) is 18.0. The first-order valence-corrected chi connectivity index (χ1v) is 8.52. The molecule has 3 heterocycles. The number of rotatable bonds is 5. The first-order chi connectivity index (χ1) is 11.3. The number of pyridine rings is 1. The van der Waals surface area contributed by atoms with Gasteiger partial charge in [-0.15, -0.1) is 0 Å². The summed E-state index contributed by atoms with van der Waals surface area (Å²) in [5.74, 6) is 2.73. The molecule has 0 saturated carbocycles. The molecule has 5 nitrogen and oxygen atoms in total. The third-order valence-electron chi connectivity index (χ3n) is 4.39. The second-order valence-electron chi connectivity index (χ2n) is 6.08. The quantitative estimate of drug-likeness (QED) is 0.915. The molecule has 0 spiro atoms. The second-order valence-corrected chi connectivity index (χ2v) is 6.08. The van der Waals surface area contributed by atoms with Crippen LogP contribution in [0.25, 0.3) is 0 Å². The van der Waals surface area contributed by atoms with Crippen molar-refractivity contribution in [3.63, 3.8) is 0 Å². The summed E-state index contributed by atoms with van der Waals surface area (Å²) in [5.41, 5.74) is 1.01. The maximum atomic E-state index is 4.67. The molecule has 0 radical (unpaired) electrons. The van der Waals surface area contributed by atoms with Crippen LogP contribution in [0.5, 0.6) is 0 Å². The van der Waals surface area contributed by atoms with Crippen LogP contribution in [-0.2, 0) is 6.54 Å². The summed E-state index contributed by atoms with van der Waals surface area (Å²) in [4.78, 5) is 16.0. The third-order valence-corrected chi connectivity index (χ3v) is 4.39. The third kappa shape index (κ3) is 3.97. The smallest absolute Gasteiger partial charge is 0.134 e. The Morgan fingerprint density at radius 2 is 2.17 bits per heavy atom. The molecule has 1 saturated heterocycles. The minimum absolute atomic E-state index is 0.599. The van der Waals surface area contributed by atoms with Crippen LogP contribution in [0.4, 0.5) is 11.6 Å². The Labute approximate surface area is 138 Å². The van der Waals surface area contributed by atoms with Crippen molar-refractivity contribution >= 4 is 11.6 Å². The fourth-order valence-corrected chi connectivity index (χ4v) is 3.20. The Kier molecular flexibility index (Phi) is 5.05. The number of piperidine rings is 1. The molecule has 1 fully saturated rings. The number of hydrogen-bond acceptors (Lipinski definition) is 5. The molecule has 3 rings (SSSR count). The van der Waals surface area contributed by atoms with Gasteiger partial charge in [-0.25, -0.2) is 9.97 Å². The van der Waals surface area contributed by atoms with Gasteiger partial charge < -0.3 is 10.2 Å². The van der Waals surface area contributed by atoms with Crippen molar-refractivity contribution in [2.45, 2.75) is 52.1 Å². The van der Waals surface area contributed by atoms with Crippen LogP contribution >= 0.6 is 0 Å². The van der Waals surface area contributed by atoms with Gasteiger partial charge in [-0.05, 0) is 44.7 Å². The summed E-state index contributed by atoms with van der Waals surface area (Å²) < 4.78 is 0. The van der Waals surface area contributed by atoms with E-state index in [1.165, 1.54) is 25.7 Å². The number of anilines is 2. The van der Waals surface area contributed by atoms with E-state index in [-0.39, 0.29) is 0 Å². The monoisotopic (exact) mass is 311 g/mol. The zero-order valence-corrected chi connectivity index (χ0v) is 14.0. The van der Waals surface area contributed by atoms with Crippen molar-refractivity contribution in [2.24, 2.45) is 0 Å². The molecule has 1 atom stereocenters. The minimum atomic E-state index is 0.599. The summed E-state index contributed by atoms with van der Waals surface area (Å²) in [6, 6.07) is 8.61. The standard InChI is InChI=1S/C18H25N5/c1-3-16-9-5-7-11-23(16)18-12-17(21-14(2)22-18)20-13-15-8-4-6-10-19-15/h4,6,8,10,12,16H,3,5,7,9,11,13H2,1-2H3,(H,20,21,22). The lowest BCUT2D eigenvalue weighted by Gasteiger charge is -2.36. The molecule has 23 heavy (non-hydrogen) atoms. The Morgan fingerprint density at radius 3 is 2.96 bits per heavy atom. The van der Waals surface area contributed by atoms with Crippen molar-refractivity contribution in [2.75, 3.05) is 16.8 Å². The van der Waals surface area contributed by atoms with E-state index in [1.54, 1.807) is 0 Å². The van der Waals surface area contributed by atoms with Crippen LogP contribution in [0.2, 0.25) is 0 Å². The maximum Gasteiger partial charge on any atom is 0.134 e. The molecule has 0 amide bonds. The number of nitrogens with zero attached hydrogens (tertiary/aromatic N) is 4. The van der Waals surface area contributed by atoms with E-state index >= 15 is 0 Å². The Balaban J connectivity index is 1.76. The van der Waals surface area contributed by atoms with Gasteiger partial charge in [0.2, 0.25) is 0 Å². The molecule has 1 aliphatic rings. The summed E-state index contributed by atoms with van der Waals surface area (Å²) in [7, 11) is 0. The summed E-state index contributed by atoms with van der Waals surface area (Å²) in [6.45, 7) is 5.99. The van der Waals surface area contributed by atoms with Gasteiger partial charge >= 0.3 is 0 Å². The lowest BCUT2D eigenvalue weighted by atomic mass is 10.00. The molecule has 2 aromatic heterocycles. The van der Waals surface area contributed by atoms with E-state index in [0.717, 1.165) is 29.7 Å². The van der Waals surface area contributed by atoms with Crippen molar-refractivity contribution in [1.82, 2.24) is 15.0 Å². The predicted molar refractivity (Wildman–Crippen MR) is 93.6 cm³/mol. The van der Waals surface area contributed by atoms with Gasteiger partial charge in [0.15, 0.2) is 0 Å². The fourth-order valence-electron chi connectivity index (χ4n) is 3.20. The molecule has 122 valence electrons. The van der Waals surface area contributed by atoms with E-state index in [9.17, 15) is 0 Å². The molecule has 0 aromatic carbocycles. The molecule has 0 aliphatic carbocycles. The molecule has 1 aliphatic heterocycles. The van der Waals surface area contributed by atoms with Crippen molar-refractivity contribution < 1.29 is 0 Å². The lowest BCUT2D eigenvalue weighted by molar-refractivity contribution is 0.446. The van der Waals surface area contributed by atoms with E-state index in [1.807, 2.05) is 31.3 Å². The lowest BCUT2D eigenvalue weighted by Crippen LogP contribution is -2.39. The zero-order chi connectivity index (χ0) is 16.1. The number of nitrogens with one attached hydrogen (secondary N) is 1. The fraction of sp³-hybridized carbons (Fsp3) is 0.500. The molecule has 1 unspecified atom stereocenters. The summed E-state index contributed by atoms with van der Waals surface area (Å²) in [6.07, 6.45) is 6.81. The van der Waals surface area contributed by atoms with Gasteiger partial charge in [0.25, 0.3) is 0 Å². The molecule has 1 N–H and O–H groups in total. The Morgan fingerprint density at radius 1 is 1.26 bits per heavy atom. The zero-order valence-electron chi connectivity index (χ0n) is 14.0. The van der Waals surface area contributed by atoms with Gasteiger partial charge in [-0.2, -0.15) is 0 Å². The van der Waals surface area contributed by atoms with Crippen molar-refractivity contribution in [1.29, 1.82) is 0 Å². The number of aryl methyl sites for hydroxylation is 1. The first kappa shape index (κ1) is 15.7. The van der Waals surface area contributed by atoms with Crippen LogP contribution in [0.15, 0.2) is 30.5 Å². The van der Waals surface area contributed by atoms with E-state index < -0.39 is 0 Å². The Bertz CT molecular complexity index is 629. The van der Waals surface area contributed by atoms with Crippen LogP contribution in [0, 0.1) is 6.92 Å². The number of hydrogen-bond donors (Lipinski definition) is 1. The van der Waals surface area contributed by atoms with E-state index in [4.69, 9.17) is 0 Å². The largest absolute Gasteiger partial charge is 0.364 e. The molecule has 2 aromatic rings. The molecule has 5 heteroatoms.